The minimum Gasteiger partial charge on any atom is -0.473 e. The highest BCUT2D eigenvalue weighted by molar-refractivity contribution is 6.27. The van der Waals surface area contributed by atoms with Gasteiger partial charge in [0.2, 0.25) is 6.79 Å². The van der Waals surface area contributed by atoms with Crippen LogP contribution in [0.2, 0.25) is 0 Å². The standard InChI is InChI=1S/C25H23N3O2.C2H2O4/c1-18-7-5-6-10-22(18)25-20(16-28(27-25)21-8-3-2-4-9-21)15-26-14-19-11-12-23-24(13-19)30-17-29-23;3-1(4)2(5)6/h2-13,16,26H,14-15,17H2,1H3;(H,3,4)(H,5,6). The SMILES string of the molecule is Cc1ccccc1-c1nn(-c2ccccc2)cc1CNCc1ccc2c(c1)OCO2.O=C(O)C(=O)O. The van der Waals surface area contributed by atoms with Crippen LogP contribution in [0.3, 0.4) is 0 Å². The lowest BCUT2D eigenvalue weighted by Crippen LogP contribution is -2.13. The summed E-state index contributed by atoms with van der Waals surface area (Å²) < 4.78 is 12.8. The Balaban J connectivity index is 0.000000455. The van der Waals surface area contributed by atoms with E-state index in [1.54, 1.807) is 0 Å². The van der Waals surface area contributed by atoms with Gasteiger partial charge in [0, 0.05) is 30.4 Å². The fourth-order valence-corrected chi connectivity index (χ4v) is 3.71. The molecule has 184 valence electrons. The molecule has 36 heavy (non-hydrogen) atoms. The van der Waals surface area contributed by atoms with Crippen molar-refractivity contribution in [1.82, 2.24) is 15.1 Å². The Bertz CT molecular complexity index is 1360. The maximum Gasteiger partial charge on any atom is 0.414 e. The molecule has 4 aromatic rings. The van der Waals surface area contributed by atoms with E-state index in [2.05, 4.69) is 60.9 Å². The summed E-state index contributed by atoms with van der Waals surface area (Å²) in [5, 5.41) is 23.3. The molecular weight excluding hydrogens is 462 g/mol. The maximum absolute atomic E-state index is 9.10. The van der Waals surface area contributed by atoms with Crippen LogP contribution in [0.25, 0.3) is 16.9 Å². The van der Waals surface area contributed by atoms with E-state index in [0.29, 0.717) is 13.3 Å². The zero-order chi connectivity index (χ0) is 25.5. The van der Waals surface area contributed by atoms with Crippen LogP contribution >= 0.6 is 0 Å². The number of aryl methyl sites for hydroxylation is 1. The third-order valence-electron chi connectivity index (χ3n) is 5.48. The smallest absolute Gasteiger partial charge is 0.414 e. The number of hydrogen-bond acceptors (Lipinski definition) is 6. The van der Waals surface area contributed by atoms with Crippen LogP contribution < -0.4 is 14.8 Å². The van der Waals surface area contributed by atoms with Crippen LogP contribution in [0.5, 0.6) is 11.5 Å². The Hall–Kier alpha value is -4.63. The summed E-state index contributed by atoms with van der Waals surface area (Å²) in [6.45, 7) is 3.87. The van der Waals surface area contributed by atoms with Crippen LogP contribution in [0.1, 0.15) is 16.7 Å². The third-order valence-corrected chi connectivity index (χ3v) is 5.48. The lowest BCUT2D eigenvalue weighted by Gasteiger charge is -2.08. The fourth-order valence-electron chi connectivity index (χ4n) is 3.71. The molecule has 0 saturated carbocycles. The topological polar surface area (TPSA) is 123 Å². The van der Waals surface area contributed by atoms with E-state index in [4.69, 9.17) is 34.4 Å². The van der Waals surface area contributed by atoms with E-state index >= 15 is 0 Å². The molecule has 0 spiro atoms. The highest BCUT2D eigenvalue weighted by atomic mass is 16.7. The number of aliphatic carboxylic acids is 2. The van der Waals surface area contributed by atoms with E-state index in [1.807, 2.05) is 35.0 Å². The predicted molar refractivity (Wildman–Crippen MR) is 132 cm³/mol. The van der Waals surface area contributed by atoms with Gasteiger partial charge in [-0.3, -0.25) is 0 Å². The van der Waals surface area contributed by atoms with Crippen LogP contribution in [-0.4, -0.2) is 38.7 Å². The van der Waals surface area contributed by atoms with Gasteiger partial charge < -0.3 is 25.0 Å². The summed E-state index contributed by atoms with van der Waals surface area (Å²) in [4.78, 5) is 18.2. The molecule has 2 heterocycles. The zero-order valence-electron chi connectivity index (χ0n) is 19.5. The second-order valence-corrected chi connectivity index (χ2v) is 8.00. The molecule has 5 rings (SSSR count). The second kappa shape index (κ2) is 11.2. The molecule has 0 amide bonds. The van der Waals surface area contributed by atoms with Gasteiger partial charge in [0.1, 0.15) is 0 Å². The van der Waals surface area contributed by atoms with Gasteiger partial charge >= 0.3 is 11.9 Å². The van der Waals surface area contributed by atoms with E-state index in [0.717, 1.165) is 46.1 Å². The minimum atomic E-state index is -1.82. The van der Waals surface area contributed by atoms with Gasteiger partial charge in [0.05, 0.1) is 11.4 Å². The lowest BCUT2D eigenvalue weighted by molar-refractivity contribution is -0.159. The van der Waals surface area contributed by atoms with Crippen molar-refractivity contribution >= 4 is 11.9 Å². The van der Waals surface area contributed by atoms with Crippen molar-refractivity contribution in [2.75, 3.05) is 6.79 Å². The van der Waals surface area contributed by atoms with Gasteiger partial charge in [0.25, 0.3) is 0 Å². The van der Waals surface area contributed by atoms with Gasteiger partial charge in [-0.1, -0.05) is 48.5 Å². The molecule has 1 aliphatic rings. The molecule has 0 aliphatic carbocycles. The summed E-state index contributed by atoms with van der Waals surface area (Å²) in [6.07, 6.45) is 2.11. The Kier molecular flexibility index (Phi) is 7.62. The number of carboxylic acid groups (broad SMARTS) is 2. The van der Waals surface area contributed by atoms with Gasteiger partial charge in [0.15, 0.2) is 11.5 Å². The number of ether oxygens (including phenoxy) is 2. The van der Waals surface area contributed by atoms with Gasteiger partial charge in [-0.05, 0) is 42.3 Å². The van der Waals surface area contributed by atoms with E-state index < -0.39 is 11.9 Å². The number of carboxylic acids is 2. The summed E-state index contributed by atoms with van der Waals surface area (Å²) >= 11 is 0. The molecule has 0 fully saturated rings. The predicted octanol–water partition coefficient (Wildman–Crippen LogP) is 4.02. The highest BCUT2D eigenvalue weighted by Crippen LogP contribution is 2.32. The molecule has 0 saturated heterocycles. The molecule has 0 unspecified atom stereocenters. The second-order valence-electron chi connectivity index (χ2n) is 8.00. The van der Waals surface area contributed by atoms with E-state index in [-0.39, 0.29) is 0 Å². The fraction of sp³-hybridized carbons (Fsp3) is 0.148. The number of para-hydroxylation sites is 1. The molecule has 0 atom stereocenters. The van der Waals surface area contributed by atoms with Crippen molar-refractivity contribution in [3.63, 3.8) is 0 Å². The Morgan fingerprint density at radius 1 is 0.917 bits per heavy atom. The van der Waals surface area contributed by atoms with Crippen molar-refractivity contribution in [2.45, 2.75) is 20.0 Å². The lowest BCUT2D eigenvalue weighted by atomic mass is 10.0. The Labute approximate surface area is 207 Å². The van der Waals surface area contributed by atoms with Crippen molar-refractivity contribution < 1.29 is 29.3 Å². The molecule has 3 N–H and O–H groups in total. The first-order valence-corrected chi connectivity index (χ1v) is 11.2. The van der Waals surface area contributed by atoms with Crippen LogP contribution in [0, 0.1) is 6.92 Å². The molecule has 3 aromatic carbocycles. The summed E-state index contributed by atoms with van der Waals surface area (Å²) in [7, 11) is 0. The number of aromatic nitrogens is 2. The average molecular weight is 488 g/mol. The summed E-state index contributed by atoms with van der Waals surface area (Å²) in [6, 6.07) is 24.7. The third kappa shape index (κ3) is 5.89. The molecule has 1 aliphatic heterocycles. The minimum absolute atomic E-state index is 0.296. The Morgan fingerprint density at radius 2 is 1.61 bits per heavy atom. The number of nitrogens with zero attached hydrogens (tertiary/aromatic N) is 2. The van der Waals surface area contributed by atoms with E-state index in [9.17, 15) is 0 Å². The monoisotopic (exact) mass is 487 g/mol. The van der Waals surface area contributed by atoms with E-state index in [1.165, 1.54) is 5.56 Å². The first-order chi connectivity index (χ1) is 17.4. The van der Waals surface area contributed by atoms with Crippen molar-refractivity contribution in [2.24, 2.45) is 0 Å². The number of rotatable bonds is 6. The van der Waals surface area contributed by atoms with Gasteiger partial charge in [-0.25, -0.2) is 14.3 Å². The number of nitrogens with one attached hydrogen (secondary N) is 1. The first-order valence-electron chi connectivity index (χ1n) is 11.2. The summed E-state index contributed by atoms with van der Waals surface area (Å²) in [5.41, 5.74) is 6.76. The normalized spacial score (nSPS) is 11.5. The number of hydrogen-bond donors (Lipinski definition) is 3. The van der Waals surface area contributed by atoms with Crippen LogP contribution in [0.15, 0.2) is 79.0 Å². The molecule has 1 aromatic heterocycles. The highest BCUT2D eigenvalue weighted by Gasteiger charge is 2.15. The molecular formula is C27H25N3O6. The van der Waals surface area contributed by atoms with Crippen LogP contribution in [0.4, 0.5) is 0 Å². The van der Waals surface area contributed by atoms with Crippen molar-refractivity contribution in [3.05, 3.63) is 95.7 Å². The largest absolute Gasteiger partial charge is 0.473 e. The number of fused-ring (bicyclic) bond motifs is 1. The van der Waals surface area contributed by atoms with Crippen molar-refractivity contribution in [1.29, 1.82) is 0 Å². The molecule has 9 nitrogen and oxygen atoms in total. The first kappa shape index (κ1) is 24.5. The Morgan fingerprint density at radius 3 is 2.33 bits per heavy atom. The zero-order valence-corrected chi connectivity index (χ0v) is 19.5. The maximum atomic E-state index is 9.10. The number of benzene rings is 3. The summed E-state index contributed by atoms with van der Waals surface area (Å²) in [5.74, 6) is -2.03. The molecule has 0 radical (unpaired) electrons. The molecule has 0 bridgehead atoms. The molecule has 9 heteroatoms. The van der Waals surface area contributed by atoms with Gasteiger partial charge in [-0.15, -0.1) is 0 Å². The quantitative estimate of drug-likeness (QED) is 0.349. The van der Waals surface area contributed by atoms with Crippen molar-refractivity contribution in [3.8, 4) is 28.4 Å². The average Bonchev–Trinajstić information content (AvgIpc) is 3.52. The number of carbonyl (C=O) groups is 2. The van der Waals surface area contributed by atoms with Gasteiger partial charge in [-0.2, -0.15) is 5.10 Å². The van der Waals surface area contributed by atoms with Crippen LogP contribution in [-0.2, 0) is 22.7 Å².